The number of likely N-dealkylation sites (tertiary alicyclic amines) is 1. The van der Waals surface area contributed by atoms with Gasteiger partial charge in [0.1, 0.15) is 11.6 Å². The number of carbonyl (C=O) groups excluding carboxylic acids is 1. The molecule has 1 heterocycles. The standard InChI is InChI=1S/C21H31FN2O3/c1-14-10-18(22)4-5-19(14)27-15(2)16-6-8-24(9-7-16)20(25)17-11-21(23,12-17)13-26-3/h4-5,10,15-17H,6-9,11-13,23H2,1-3H3. The quantitative estimate of drug-likeness (QED) is 0.827. The van der Waals surface area contributed by atoms with Crippen LogP contribution >= 0.6 is 0 Å². The molecule has 1 amide bonds. The summed E-state index contributed by atoms with van der Waals surface area (Å²) in [6, 6.07) is 4.61. The minimum Gasteiger partial charge on any atom is -0.490 e. The Bertz CT molecular complexity index is 667. The highest BCUT2D eigenvalue weighted by molar-refractivity contribution is 5.80. The summed E-state index contributed by atoms with van der Waals surface area (Å²) in [5, 5.41) is 0. The van der Waals surface area contributed by atoms with Crippen LogP contribution in [-0.2, 0) is 9.53 Å². The smallest absolute Gasteiger partial charge is 0.225 e. The molecule has 2 aliphatic rings. The summed E-state index contributed by atoms with van der Waals surface area (Å²) in [6.45, 7) is 5.95. The Labute approximate surface area is 161 Å². The van der Waals surface area contributed by atoms with Crippen LogP contribution in [-0.4, -0.2) is 49.3 Å². The van der Waals surface area contributed by atoms with E-state index in [4.69, 9.17) is 15.2 Å². The minimum atomic E-state index is -0.331. The molecule has 1 aliphatic carbocycles. The number of amides is 1. The predicted molar refractivity (Wildman–Crippen MR) is 102 cm³/mol. The molecule has 5 nitrogen and oxygen atoms in total. The molecule has 0 aromatic heterocycles. The lowest BCUT2D eigenvalue weighted by Gasteiger charge is -2.46. The lowest BCUT2D eigenvalue weighted by atomic mass is 9.68. The maximum absolute atomic E-state index is 13.2. The first-order valence-electron chi connectivity index (χ1n) is 9.81. The molecule has 1 saturated carbocycles. The molecule has 1 aliphatic heterocycles. The van der Waals surface area contributed by atoms with E-state index in [-0.39, 0.29) is 29.3 Å². The fraction of sp³-hybridized carbons (Fsp3) is 0.667. The molecule has 0 spiro atoms. The number of aryl methyl sites for hydroxylation is 1. The van der Waals surface area contributed by atoms with Gasteiger partial charge in [-0.25, -0.2) is 4.39 Å². The first kappa shape index (κ1) is 20.1. The first-order valence-corrected chi connectivity index (χ1v) is 9.81. The van der Waals surface area contributed by atoms with E-state index in [2.05, 4.69) is 6.92 Å². The van der Waals surface area contributed by atoms with Gasteiger partial charge < -0.3 is 20.1 Å². The van der Waals surface area contributed by atoms with Gasteiger partial charge in [0, 0.05) is 31.7 Å². The molecule has 2 fully saturated rings. The number of nitrogens with two attached hydrogens (primary N) is 1. The van der Waals surface area contributed by atoms with Crippen LogP contribution in [0.25, 0.3) is 0 Å². The Morgan fingerprint density at radius 2 is 2.04 bits per heavy atom. The summed E-state index contributed by atoms with van der Waals surface area (Å²) in [5.41, 5.74) is 6.67. The summed E-state index contributed by atoms with van der Waals surface area (Å²) >= 11 is 0. The monoisotopic (exact) mass is 378 g/mol. The van der Waals surface area contributed by atoms with Gasteiger partial charge in [0.15, 0.2) is 0 Å². The molecule has 27 heavy (non-hydrogen) atoms. The number of benzene rings is 1. The van der Waals surface area contributed by atoms with Crippen molar-refractivity contribution in [2.24, 2.45) is 17.6 Å². The van der Waals surface area contributed by atoms with E-state index < -0.39 is 0 Å². The summed E-state index contributed by atoms with van der Waals surface area (Å²) in [7, 11) is 1.64. The number of nitrogens with zero attached hydrogens (tertiary/aromatic N) is 1. The van der Waals surface area contributed by atoms with E-state index in [9.17, 15) is 9.18 Å². The second kappa shape index (κ2) is 8.15. The fourth-order valence-corrected chi connectivity index (χ4v) is 4.39. The Kier molecular flexibility index (Phi) is 6.06. The van der Waals surface area contributed by atoms with Crippen molar-refractivity contribution in [2.45, 2.75) is 51.2 Å². The van der Waals surface area contributed by atoms with E-state index >= 15 is 0 Å². The Hall–Kier alpha value is -1.66. The van der Waals surface area contributed by atoms with Gasteiger partial charge in [0.2, 0.25) is 5.91 Å². The fourth-order valence-electron chi connectivity index (χ4n) is 4.39. The maximum Gasteiger partial charge on any atom is 0.225 e. The molecule has 0 bridgehead atoms. The zero-order valence-corrected chi connectivity index (χ0v) is 16.5. The van der Waals surface area contributed by atoms with Crippen LogP contribution in [0.1, 0.15) is 38.2 Å². The Morgan fingerprint density at radius 1 is 1.37 bits per heavy atom. The highest BCUT2D eigenvalue weighted by atomic mass is 19.1. The largest absolute Gasteiger partial charge is 0.490 e. The summed E-state index contributed by atoms with van der Waals surface area (Å²) in [6.07, 6.45) is 3.30. The molecular weight excluding hydrogens is 347 g/mol. The van der Waals surface area contributed by atoms with Crippen molar-refractivity contribution in [2.75, 3.05) is 26.8 Å². The van der Waals surface area contributed by atoms with Gasteiger partial charge in [0.05, 0.1) is 12.7 Å². The predicted octanol–water partition coefficient (Wildman–Crippen LogP) is 2.89. The van der Waals surface area contributed by atoms with Gasteiger partial charge in [-0.2, -0.15) is 0 Å². The Balaban J connectivity index is 1.46. The second-order valence-electron chi connectivity index (χ2n) is 8.30. The summed E-state index contributed by atoms with van der Waals surface area (Å²) < 4.78 is 24.5. The summed E-state index contributed by atoms with van der Waals surface area (Å²) in [4.78, 5) is 14.7. The van der Waals surface area contributed by atoms with Crippen molar-refractivity contribution in [3.05, 3.63) is 29.6 Å². The van der Waals surface area contributed by atoms with Gasteiger partial charge in [-0.15, -0.1) is 0 Å². The van der Waals surface area contributed by atoms with Gasteiger partial charge in [-0.1, -0.05) is 0 Å². The molecule has 1 saturated heterocycles. The number of rotatable bonds is 6. The number of ether oxygens (including phenoxy) is 2. The molecule has 1 atom stereocenters. The highest BCUT2D eigenvalue weighted by Crippen LogP contribution is 2.38. The number of carbonyl (C=O) groups is 1. The number of halogens is 1. The van der Waals surface area contributed by atoms with Crippen molar-refractivity contribution in [1.82, 2.24) is 4.90 Å². The van der Waals surface area contributed by atoms with Crippen LogP contribution in [0, 0.1) is 24.6 Å². The molecule has 1 unspecified atom stereocenters. The topological polar surface area (TPSA) is 64.8 Å². The SMILES string of the molecule is COCC1(N)CC(C(=O)N2CCC(C(C)Oc3ccc(F)cc3C)CC2)C1. The molecule has 2 N–H and O–H groups in total. The lowest BCUT2D eigenvalue weighted by molar-refractivity contribution is -0.143. The van der Waals surface area contributed by atoms with Gasteiger partial charge in [-0.05, 0) is 69.2 Å². The number of hydrogen-bond acceptors (Lipinski definition) is 4. The summed E-state index contributed by atoms with van der Waals surface area (Å²) in [5.74, 6) is 1.14. The van der Waals surface area contributed by atoms with Gasteiger partial charge in [0.25, 0.3) is 0 Å². The second-order valence-corrected chi connectivity index (χ2v) is 8.30. The number of hydrogen-bond donors (Lipinski definition) is 1. The van der Waals surface area contributed by atoms with Crippen LogP contribution in [0.2, 0.25) is 0 Å². The molecule has 3 rings (SSSR count). The van der Waals surface area contributed by atoms with Crippen molar-refractivity contribution < 1.29 is 18.7 Å². The lowest BCUT2D eigenvalue weighted by Crippen LogP contribution is -2.59. The van der Waals surface area contributed by atoms with E-state index in [1.807, 2.05) is 11.8 Å². The van der Waals surface area contributed by atoms with E-state index in [1.54, 1.807) is 13.2 Å². The number of methoxy groups -OCH3 is 1. The Morgan fingerprint density at radius 3 is 2.63 bits per heavy atom. The van der Waals surface area contributed by atoms with Crippen molar-refractivity contribution in [3.63, 3.8) is 0 Å². The van der Waals surface area contributed by atoms with E-state index in [1.165, 1.54) is 12.1 Å². The van der Waals surface area contributed by atoms with E-state index in [0.29, 0.717) is 25.4 Å². The van der Waals surface area contributed by atoms with E-state index in [0.717, 1.165) is 37.2 Å². The molecule has 6 heteroatoms. The average molecular weight is 378 g/mol. The third-order valence-corrected chi connectivity index (χ3v) is 6.05. The molecular formula is C21H31FN2O3. The molecule has 0 radical (unpaired) electrons. The third kappa shape index (κ3) is 4.61. The molecule has 150 valence electrons. The third-order valence-electron chi connectivity index (χ3n) is 6.05. The first-order chi connectivity index (χ1) is 12.8. The average Bonchev–Trinajstić information content (AvgIpc) is 2.61. The van der Waals surface area contributed by atoms with Crippen LogP contribution in [0.15, 0.2) is 18.2 Å². The van der Waals surface area contributed by atoms with Crippen molar-refractivity contribution >= 4 is 5.91 Å². The normalized spacial score (nSPS) is 27.1. The molecule has 1 aromatic rings. The highest BCUT2D eigenvalue weighted by Gasteiger charge is 2.46. The van der Waals surface area contributed by atoms with Crippen molar-refractivity contribution in [3.8, 4) is 5.75 Å². The number of piperidine rings is 1. The van der Waals surface area contributed by atoms with Crippen LogP contribution in [0.5, 0.6) is 5.75 Å². The zero-order valence-electron chi connectivity index (χ0n) is 16.5. The van der Waals surface area contributed by atoms with Crippen LogP contribution in [0.3, 0.4) is 0 Å². The maximum atomic E-state index is 13.2. The van der Waals surface area contributed by atoms with Gasteiger partial charge in [-0.3, -0.25) is 4.79 Å². The zero-order chi connectivity index (χ0) is 19.6. The molecule has 1 aromatic carbocycles. The van der Waals surface area contributed by atoms with Crippen LogP contribution < -0.4 is 10.5 Å². The van der Waals surface area contributed by atoms with Gasteiger partial charge >= 0.3 is 0 Å². The van der Waals surface area contributed by atoms with Crippen LogP contribution in [0.4, 0.5) is 4.39 Å². The minimum absolute atomic E-state index is 0.0357. The van der Waals surface area contributed by atoms with Crippen molar-refractivity contribution in [1.29, 1.82) is 0 Å².